The molecule has 1 aromatic carbocycles. The minimum Gasteiger partial charge on any atom is -0.508 e. The lowest BCUT2D eigenvalue weighted by Gasteiger charge is -2.14. The Morgan fingerprint density at radius 3 is 2.94 bits per heavy atom. The highest BCUT2D eigenvalue weighted by molar-refractivity contribution is 5.99. The number of carbonyl (C=O) groups is 1. The van der Waals surface area contributed by atoms with E-state index < -0.39 is 0 Å². The summed E-state index contributed by atoms with van der Waals surface area (Å²) in [6.45, 7) is 2.00. The highest BCUT2D eigenvalue weighted by Gasteiger charge is 2.24. The highest BCUT2D eigenvalue weighted by Crippen LogP contribution is 2.33. The number of anilines is 1. The third kappa shape index (κ3) is 3.12. The van der Waals surface area contributed by atoms with Crippen molar-refractivity contribution in [2.45, 2.75) is 32.2 Å². The first-order chi connectivity index (χ1) is 8.06. The van der Waals surface area contributed by atoms with Crippen molar-refractivity contribution in [1.82, 2.24) is 5.32 Å². The Bertz CT molecular complexity index is 427. The molecule has 17 heavy (non-hydrogen) atoms. The Balaban J connectivity index is 2.00. The van der Waals surface area contributed by atoms with Crippen LogP contribution in [0.5, 0.6) is 5.75 Å². The molecule has 0 spiro atoms. The first-order valence-electron chi connectivity index (χ1n) is 5.95. The monoisotopic (exact) mass is 234 g/mol. The molecule has 4 heteroatoms. The van der Waals surface area contributed by atoms with E-state index in [1.807, 2.05) is 6.92 Å². The molecular weight excluding hydrogens is 216 g/mol. The van der Waals surface area contributed by atoms with E-state index in [1.165, 1.54) is 31.0 Å². The fourth-order valence-electron chi connectivity index (χ4n) is 1.95. The third-order valence-corrected chi connectivity index (χ3v) is 3.04. The number of nitrogens with two attached hydrogens (primary N) is 1. The van der Waals surface area contributed by atoms with Crippen LogP contribution in [0.2, 0.25) is 0 Å². The summed E-state index contributed by atoms with van der Waals surface area (Å²) in [6, 6.07) is 4.56. The van der Waals surface area contributed by atoms with Gasteiger partial charge in [0.2, 0.25) is 0 Å². The summed E-state index contributed by atoms with van der Waals surface area (Å²) in [5.41, 5.74) is 6.44. The molecule has 1 aliphatic rings. The van der Waals surface area contributed by atoms with E-state index in [-0.39, 0.29) is 17.7 Å². The number of nitrogens with one attached hydrogen (secondary N) is 1. The maximum absolute atomic E-state index is 11.9. The lowest BCUT2D eigenvalue weighted by Crippen LogP contribution is -2.33. The highest BCUT2D eigenvalue weighted by atomic mass is 16.3. The van der Waals surface area contributed by atoms with E-state index in [9.17, 15) is 9.90 Å². The zero-order chi connectivity index (χ0) is 12.4. The van der Waals surface area contributed by atoms with Gasteiger partial charge in [0, 0.05) is 11.7 Å². The number of aromatic hydroxyl groups is 1. The number of rotatable bonds is 4. The molecule has 1 saturated carbocycles. The van der Waals surface area contributed by atoms with Gasteiger partial charge in [-0.25, -0.2) is 0 Å². The maximum atomic E-state index is 11.9. The average Bonchev–Trinajstić information content (AvgIpc) is 3.05. The van der Waals surface area contributed by atoms with Gasteiger partial charge >= 0.3 is 0 Å². The standard InChI is InChI=1S/C13H18N2O2/c1-8(6-9-2-3-9)15-13(17)11-7-10(16)4-5-12(11)14/h4-5,7-9,16H,2-3,6,14H2,1H3,(H,15,17). The number of carbonyl (C=O) groups excluding carboxylic acids is 1. The molecule has 1 aromatic rings. The number of hydrogen-bond donors (Lipinski definition) is 3. The molecule has 1 atom stereocenters. The zero-order valence-electron chi connectivity index (χ0n) is 9.94. The largest absolute Gasteiger partial charge is 0.508 e. The average molecular weight is 234 g/mol. The molecule has 1 unspecified atom stereocenters. The second-order valence-electron chi connectivity index (χ2n) is 4.83. The molecule has 4 nitrogen and oxygen atoms in total. The van der Waals surface area contributed by atoms with Gasteiger partial charge in [0.15, 0.2) is 0 Å². The van der Waals surface area contributed by atoms with Gasteiger partial charge < -0.3 is 16.2 Å². The first kappa shape index (κ1) is 11.8. The predicted octanol–water partition coefficient (Wildman–Crippen LogP) is 1.89. The van der Waals surface area contributed by atoms with Gasteiger partial charge in [-0.2, -0.15) is 0 Å². The Morgan fingerprint density at radius 1 is 1.59 bits per heavy atom. The lowest BCUT2D eigenvalue weighted by molar-refractivity contribution is 0.0938. The van der Waals surface area contributed by atoms with Crippen molar-refractivity contribution in [3.05, 3.63) is 23.8 Å². The van der Waals surface area contributed by atoms with E-state index in [0.29, 0.717) is 11.3 Å². The fraction of sp³-hybridized carbons (Fsp3) is 0.462. The number of nitrogen functional groups attached to an aromatic ring is 1. The Morgan fingerprint density at radius 2 is 2.29 bits per heavy atom. The first-order valence-corrected chi connectivity index (χ1v) is 5.95. The smallest absolute Gasteiger partial charge is 0.253 e. The number of phenolic OH excluding ortho intramolecular Hbond substituents is 1. The molecular formula is C13H18N2O2. The van der Waals surface area contributed by atoms with E-state index >= 15 is 0 Å². The molecule has 4 N–H and O–H groups in total. The molecule has 1 amide bonds. The van der Waals surface area contributed by atoms with Crippen LogP contribution in [-0.4, -0.2) is 17.1 Å². The third-order valence-electron chi connectivity index (χ3n) is 3.04. The quantitative estimate of drug-likeness (QED) is 0.550. The van der Waals surface area contributed by atoms with E-state index in [2.05, 4.69) is 5.32 Å². The molecule has 92 valence electrons. The molecule has 0 radical (unpaired) electrons. The molecule has 0 aliphatic heterocycles. The van der Waals surface area contributed by atoms with Crippen LogP contribution in [0, 0.1) is 5.92 Å². The summed E-state index contributed by atoms with van der Waals surface area (Å²) in [5, 5.41) is 12.2. The molecule has 1 fully saturated rings. The summed E-state index contributed by atoms with van der Waals surface area (Å²) < 4.78 is 0. The van der Waals surface area contributed by atoms with Crippen LogP contribution in [0.1, 0.15) is 36.5 Å². The summed E-state index contributed by atoms with van der Waals surface area (Å²) in [6.07, 6.45) is 3.56. The minimum atomic E-state index is -0.216. The van der Waals surface area contributed by atoms with Gasteiger partial charge in [-0.1, -0.05) is 12.8 Å². The van der Waals surface area contributed by atoms with Gasteiger partial charge in [-0.05, 0) is 37.5 Å². The predicted molar refractivity (Wildman–Crippen MR) is 66.8 cm³/mol. The Hall–Kier alpha value is -1.71. The van der Waals surface area contributed by atoms with Crippen molar-refractivity contribution in [3.63, 3.8) is 0 Å². The molecule has 1 aliphatic carbocycles. The molecule has 0 bridgehead atoms. The second kappa shape index (κ2) is 4.65. The Kier molecular flexibility index (Phi) is 3.22. The van der Waals surface area contributed by atoms with Crippen molar-refractivity contribution in [1.29, 1.82) is 0 Å². The zero-order valence-corrected chi connectivity index (χ0v) is 9.94. The van der Waals surface area contributed by atoms with Crippen molar-refractivity contribution >= 4 is 11.6 Å². The van der Waals surface area contributed by atoms with Crippen molar-refractivity contribution in [2.24, 2.45) is 5.92 Å². The van der Waals surface area contributed by atoms with Gasteiger partial charge in [0.1, 0.15) is 5.75 Å². The summed E-state index contributed by atoms with van der Waals surface area (Å²) in [4.78, 5) is 11.9. The number of phenols is 1. The number of benzene rings is 1. The van der Waals surface area contributed by atoms with Crippen LogP contribution >= 0.6 is 0 Å². The van der Waals surface area contributed by atoms with Crippen LogP contribution in [0.15, 0.2) is 18.2 Å². The summed E-state index contributed by atoms with van der Waals surface area (Å²) >= 11 is 0. The Labute approximate surface area is 101 Å². The van der Waals surface area contributed by atoms with Crippen LogP contribution in [0.3, 0.4) is 0 Å². The van der Waals surface area contributed by atoms with Crippen LogP contribution < -0.4 is 11.1 Å². The van der Waals surface area contributed by atoms with E-state index in [1.54, 1.807) is 0 Å². The topological polar surface area (TPSA) is 75.3 Å². The van der Waals surface area contributed by atoms with Gasteiger partial charge in [0.25, 0.3) is 5.91 Å². The summed E-state index contributed by atoms with van der Waals surface area (Å²) in [5.74, 6) is 0.609. The lowest BCUT2D eigenvalue weighted by atomic mass is 10.1. The minimum absolute atomic E-state index is 0.0548. The van der Waals surface area contributed by atoms with Crippen molar-refractivity contribution in [3.8, 4) is 5.75 Å². The van der Waals surface area contributed by atoms with Gasteiger partial charge in [-0.15, -0.1) is 0 Å². The molecule has 0 heterocycles. The summed E-state index contributed by atoms with van der Waals surface area (Å²) in [7, 11) is 0. The molecule has 0 aromatic heterocycles. The molecule has 0 saturated heterocycles. The van der Waals surface area contributed by atoms with Gasteiger partial charge in [0.05, 0.1) is 5.56 Å². The van der Waals surface area contributed by atoms with Crippen molar-refractivity contribution in [2.75, 3.05) is 5.73 Å². The van der Waals surface area contributed by atoms with Crippen LogP contribution in [0.25, 0.3) is 0 Å². The number of hydrogen-bond acceptors (Lipinski definition) is 3. The molecule has 2 rings (SSSR count). The second-order valence-corrected chi connectivity index (χ2v) is 4.83. The van der Waals surface area contributed by atoms with Crippen LogP contribution in [-0.2, 0) is 0 Å². The van der Waals surface area contributed by atoms with E-state index in [4.69, 9.17) is 5.73 Å². The van der Waals surface area contributed by atoms with Crippen molar-refractivity contribution < 1.29 is 9.90 Å². The SMILES string of the molecule is CC(CC1CC1)NC(=O)c1cc(O)ccc1N. The fourth-order valence-corrected chi connectivity index (χ4v) is 1.95. The number of amides is 1. The maximum Gasteiger partial charge on any atom is 0.253 e. The van der Waals surface area contributed by atoms with E-state index in [0.717, 1.165) is 12.3 Å². The van der Waals surface area contributed by atoms with Gasteiger partial charge in [-0.3, -0.25) is 4.79 Å². The normalized spacial score (nSPS) is 16.5. The van der Waals surface area contributed by atoms with Crippen LogP contribution in [0.4, 0.5) is 5.69 Å².